The van der Waals surface area contributed by atoms with Crippen LogP contribution in [0.25, 0.3) is 17.0 Å². The zero-order valence-corrected chi connectivity index (χ0v) is 14.8. The normalized spacial score (nSPS) is 11.8. The SMILES string of the molecule is O=C(/C=C/c1ccc(Cl)cc1)NS(=O)(=O)c1ccc(F)c2ncccc12. The second kappa shape index (κ2) is 7.23. The standard InChI is InChI=1S/C18H12ClFN2O3S/c19-13-6-3-12(4-7-13)5-10-17(23)22-26(24,25)16-9-8-15(20)18-14(16)2-1-11-21-18/h1-11H,(H,22,23)/b10-5+. The van der Waals surface area contributed by atoms with Crippen LogP contribution >= 0.6 is 11.6 Å². The Morgan fingerprint density at radius 2 is 1.85 bits per heavy atom. The van der Waals surface area contributed by atoms with Crippen LogP contribution in [0.3, 0.4) is 0 Å². The highest BCUT2D eigenvalue weighted by Gasteiger charge is 2.20. The van der Waals surface area contributed by atoms with Gasteiger partial charge in [0, 0.05) is 22.7 Å². The van der Waals surface area contributed by atoms with E-state index in [9.17, 15) is 17.6 Å². The summed E-state index contributed by atoms with van der Waals surface area (Å²) in [5, 5.41) is 0.639. The summed E-state index contributed by atoms with van der Waals surface area (Å²) < 4.78 is 40.7. The zero-order chi connectivity index (χ0) is 18.7. The Kier molecular flexibility index (Phi) is 5.01. The van der Waals surface area contributed by atoms with Crippen LogP contribution in [0, 0.1) is 5.82 Å². The average Bonchev–Trinajstić information content (AvgIpc) is 2.61. The minimum absolute atomic E-state index is 0.0838. The van der Waals surface area contributed by atoms with E-state index in [0.717, 1.165) is 18.2 Å². The number of hydrogen-bond donors (Lipinski definition) is 1. The molecule has 3 rings (SSSR count). The van der Waals surface area contributed by atoms with E-state index in [2.05, 4.69) is 4.98 Å². The molecule has 0 saturated carbocycles. The topological polar surface area (TPSA) is 76.1 Å². The number of nitrogens with one attached hydrogen (secondary N) is 1. The summed E-state index contributed by atoms with van der Waals surface area (Å²) in [5.41, 5.74) is 0.595. The maximum Gasteiger partial charge on any atom is 0.264 e. The van der Waals surface area contributed by atoms with Crippen molar-refractivity contribution in [3.63, 3.8) is 0 Å². The van der Waals surface area contributed by atoms with Gasteiger partial charge in [0.1, 0.15) is 11.3 Å². The molecule has 1 heterocycles. The fourth-order valence-electron chi connectivity index (χ4n) is 2.31. The number of sulfonamides is 1. The molecule has 2 aromatic carbocycles. The molecule has 0 aliphatic heterocycles. The van der Waals surface area contributed by atoms with Crippen LogP contribution in [0.1, 0.15) is 5.56 Å². The zero-order valence-electron chi connectivity index (χ0n) is 13.2. The van der Waals surface area contributed by atoms with Gasteiger partial charge in [-0.3, -0.25) is 9.78 Å². The third-order valence-corrected chi connectivity index (χ3v) is 5.16. The lowest BCUT2D eigenvalue weighted by atomic mass is 10.2. The third-order valence-electron chi connectivity index (χ3n) is 3.50. The smallest absolute Gasteiger partial charge is 0.264 e. The molecule has 0 radical (unpaired) electrons. The van der Waals surface area contributed by atoms with E-state index in [1.165, 1.54) is 24.4 Å². The molecule has 132 valence electrons. The first-order chi connectivity index (χ1) is 12.4. The largest absolute Gasteiger partial charge is 0.269 e. The fourth-order valence-corrected chi connectivity index (χ4v) is 3.58. The highest BCUT2D eigenvalue weighted by Crippen LogP contribution is 2.23. The summed E-state index contributed by atoms with van der Waals surface area (Å²) in [5.74, 6) is -1.48. The number of nitrogens with zero attached hydrogens (tertiary/aromatic N) is 1. The molecule has 0 unspecified atom stereocenters. The minimum Gasteiger partial charge on any atom is -0.269 e. The van der Waals surface area contributed by atoms with Gasteiger partial charge in [0.25, 0.3) is 15.9 Å². The molecule has 1 aromatic heterocycles. The number of benzene rings is 2. The van der Waals surface area contributed by atoms with Gasteiger partial charge in [0.15, 0.2) is 0 Å². The maximum atomic E-state index is 13.8. The van der Waals surface area contributed by atoms with Crippen molar-refractivity contribution in [1.29, 1.82) is 0 Å². The molecule has 0 atom stereocenters. The number of amides is 1. The van der Waals surface area contributed by atoms with E-state index in [-0.39, 0.29) is 15.8 Å². The Bertz CT molecular complexity index is 1110. The number of halogens is 2. The first kappa shape index (κ1) is 18.0. The molecule has 3 aromatic rings. The second-order valence-corrected chi connectivity index (χ2v) is 7.39. The summed E-state index contributed by atoms with van der Waals surface area (Å²) >= 11 is 5.77. The Labute approximate surface area is 154 Å². The summed E-state index contributed by atoms with van der Waals surface area (Å²) in [6, 6.07) is 11.7. The summed E-state index contributed by atoms with van der Waals surface area (Å²) in [7, 11) is -4.19. The van der Waals surface area contributed by atoms with E-state index in [1.54, 1.807) is 24.3 Å². The minimum atomic E-state index is -4.19. The van der Waals surface area contributed by atoms with E-state index in [0.29, 0.717) is 10.6 Å². The van der Waals surface area contributed by atoms with Crippen molar-refractivity contribution < 1.29 is 17.6 Å². The van der Waals surface area contributed by atoms with Gasteiger partial charge in [-0.2, -0.15) is 0 Å². The Hall–Kier alpha value is -2.77. The number of pyridine rings is 1. The Balaban J connectivity index is 1.86. The van der Waals surface area contributed by atoms with Crippen LogP contribution in [0.15, 0.2) is 65.7 Å². The predicted octanol–water partition coefficient (Wildman–Crippen LogP) is 3.55. The number of fused-ring (bicyclic) bond motifs is 1. The summed E-state index contributed by atoms with van der Waals surface area (Å²) in [6.07, 6.45) is 3.89. The number of aromatic nitrogens is 1. The van der Waals surface area contributed by atoms with E-state index in [4.69, 9.17) is 11.6 Å². The first-order valence-electron chi connectivity index (χ1n) is 7.40. The second-order valence-electron chi connectivity index (χ2n) is 5.30. The lowest BCUT2D eigenvalue weighted by Gasteiger charge is -2.08. The van der Waals surface area contributed by atoms with Crippen molar-refractivity contribution in [2.75, 3.05) is 0 Å². The van der Waals surface area contributed by atoms with Crippen molar-refractivity contribution in [2.24, 2.45) is 0 Å². The molecule has 8 heteroatoms. The number of rotatable bonds is 4. The maximum absolute atomic E-state index is 13.8. The molecule has 1 amide bonds. The van der Waals surface area contributed by atoms with Gasteiger partial charge in [-0.05, 0) is 48.0 Å². The molecular formula is C18H12ClFN2O3S. The van der Waals surface area contributed by atoms with Crippen LogP contribution in [0.4, 0.5) is 4.39 Å². The van der Waals surface area contributed by atoms with Crippen molar-refractivity contribution >= 4 is 44.5 Å². The Morgan fingerprint density at radius 1 is 1.12 bits per heavy atom. The fraction of sp³-hybridized carbons (Fsp3) is 0. The molecule has 1 N–H and O–H groups in total. The average molecular weight is 391 g/mol. The summed E-state index contributed by atoms with van der Waals surface area (Å²) in [4.78, 5) is 15.6. The van der Waals surface area contributed by atoms with Crippen molar-refractivity contribution in [1.82, 2.24) is 9.71 Å². The Morgan fingerprint density at radius 3 is 2.58 bits per heavy atom. The summed E-state index contributed by atoms with van der Waals surface area (Å²) in [6.45, 7) is 0. The van der Waals surface area contributed by atoms with Gasteiger partial charge < -0.3 is 0 Å². The van der Waals surface area contributed by atoms with Crippen LogP contribution in [-0.2, 0) is 14.8 Å². The van der Waals surface area contributed by atoms with Gasteiger partial charge in [-0.25, -0.2) is 17.5 Å². The number of carbonyl (C=O) groups is 1. The molecule has 0 saturated heterocycles. The lowest BCUT2D eigenvalue weighted by Crippen LogP contribution is -2.29. The first-order valence-corrected chi connectivity index (χ1v) is 9.26. The third kappa shape index (κ3) is 3.89. The van der Waals surface area contributed by atoms with Crippen LogP contribution in [0.5, 0.6) is 0 Å². The molecule has 0 aliphatic rings. The quantitative estimate of drug-likeness (QED) is 0.691. The monoisotopic (exact) mass is 390 g/mol. The van der Waals surface area contributed by atoms with Gasteiger partial charge in [0.05, 0.1) is 4.90 Å². The van der Waals surface area contributed by atoms with E-state index >= 15 is 0 Å². The molecular weight excluding hydrogens is 379 g/mol. The number of carbonyl (C=O) groups excluding carboxylic acids is 1. The molecule has 0 bridgehead atoms. The molecule has 5 nitrogen and oxygen atoms in total. The molecule has 0 spiro atoms. The highest BCUT2D eigenvalue weighted by molar-refractivity contribution is 7.90. The van der Waals surface area contributed by atoms with Crippen LogP contribution in [0.2, 0.25) is 5.02 Å². The van der Waals surface area contributed by atoms with Crippen molar-refractivity contribution in [2.45, 2.75) is 4.90 Å². The molecule has 26 heavy (non-hydrogen) atoms. The molecule has 0 aliphatic carbocycles. The van der Waals surface area contributed by atoms with E-state index in [1.807, 2.05) is 4.72 Å². The highest BCUT2D eigenvalue weighted by atomic mass is 35.5. The van der Waals surface area contributed by atoms with Crippen LogP contribution < -0.4 is 4.72 Å². The van der Waals surface area contributed by atoms with Crippen molar-refractivity contribution in [3.05, 3.63) is 77.2 Å². The van der Waals surface area contributed by atoms with Gasteiger partial charge in [-0.1, -0.05) is 23.7 Å². The lowest BCUT2D eigenvalue weighted by molar-refractivity contribution is -0.114. The number of hydrogen-bond acceptors (Lipinski definition) is 4. The predicted molar refractivity (Wildman–Crippen MR) is 97.5 cm³/mol. The van der Waals surface area contributed by atoms with Gasteiger partial charge in [0.2, 0.25) is 0 Å². The van der Waals surface area contributed by atoms with Crippen molar-refractivity contribution in [3.8, 4) is 0 Å². The molecule has 0 fully saturated rings. The van der Waals surface area contributed by atoms with Gasteiger partial charge in [-0.15, -0.1) is 0 Å². The van der Waals surface area contributed by atoms with E-state index < -0.39 is 21.7 Å². The van der Waals surface area contributed by atoms with Gasteiger partial charge >= 0.3 is 0 Å². The van der Waals surface area contributed by atoms with Crippen LogP contribution in [-0.4, -0.2) is 19.3 Å².